The van der Waals surface area contributed by atoms with E-state index in [1.54, 1.807) is 32.0 Å². The topological polar surface area (TPSA) is 93.2 Å². The second kappa shape index (κ2) is 8.77. The number of aryl methyl sites for hydroxylation is 2. The van der Waals surface area contributed by atoms with Crippen molar-refractivity contribution in [1.29, 1.82) is 0 Å². The number of alkyl halides is 1. The van der Waals surface area contributed by atoms with E-state index in [-0.39, 0.29) is 30.9 Å². The summed E-state index contributed by atoms with van der Waals surface area (Å²) in [5.41, 5.74) is 0.797. The summed E-state index contributed by atoms with van der Waals surface area (Å²) in [6.45, 7) is 7.00. The Balaban J connectivity index is 1.52. The lowest BCUT2D eigenvalue weighted by molar-refractivity contribution is -0.117. The molecule has 7 nitrogen and oxygen atoms in total. The van der Waals surface area contributed by atoms with E-state index >= 15 is 0 Å². The van der Waals surface area contributed by atoms with Gasteiger partial charge in [-0.2, -0.15) is 0 Å². The van der Waals surface area contributed by atoms with E-state index < -0.39 is 5.67 Å². The summed E-state index contributed by atoms with van der Waals surface area (Å²) in [6.07, 6.45) is 3.25. The molecule has 0 aromatic carbocycles. The van der Waals surface area contributed by atoms with Gasteiger partial charge in [0.1, 0.15) is 18.1 Å². The monoisotopic (exact) mass is 414 g/mol. The number of hydrogen-bond acceptors (Lipinski definition) is 5. The molecule has 0 radical (unpaired) electrons. The fraction of sp³-hybridized carbons (Fsp3) is 0.455. The fourth-order valence-electron chi connectivity index (χ4n) is 2.89. The number of ether oxygens (including phenoxy) is 1. The molecule has 0 aliphatic heterocycles. The first-order valence-electron chi connectivity index (χ1n) is 10.00. The first kappa shape index (κ1) is 21.7. The second-order valence-electron chi connectivity index (χ2n) is 8.07. The van der Waals surface area contributed by atoms with Gasteiger partial charge in [0.15, 0.2) is 0 Å². The van der Waals surface area contributed by atoms with Crippen molar-refractivity contribution in [3.8, 4) is 5.88 Å². The van der Waals surface area contributed by atoms with Gasteiger partial charge in [0.25, 0.3) is 5.91 Å². The number of pyridine rings is 2. The van der Waals surface area contributed by atoms with Crippen molar-refractivity contribution in [3.63, 3.8) is 0 Å². The van der Waals surface area contributed by atoms with Crippen molar-refractivity contribution < 1.29 is 18.7 Å². The highest BCUT2D eigenvalue weighted by Gasteiger charge is 2.30. The van der Waals surface area contributed by atoms with E-state index in [0.717, 1.165) is 18.4 Å². The Morgan fingerprint density at radius 3 is 2.60 bits per heavy atom. The Bertz CT molecular complexity index is 952. The number of anilines is 1. The zero-order chi connectivity index (χ0) is 21.9. The fourth-order valence-corrected chi connectivity index (χ4v) is 2.89. The lowest BCUT2D eigenvalue weighted by atomic mass is 10.0. The minimum absolute atomic E-state index is 0.0575. The predicted octanol–water partition coefficient (Wildman–Crippen LogP) is 3.46. The third-order valence-electron chi connectivity index (χ3n) is 4.76. The number of hydrogen-bond donors (Lipinski definition) is 2. The Kier molecular flexibility index (Phi) is 6.34. The van der Waals surface area contributed by atoms with E-state index in [4.69, 9.17) is 4.74 Å². The largest absolute Gasteiger partial charge is 0.476 e. The minimum Gasteiger partial charge on any atom is -0.476 e. The third kappa shape index (κ3) is 5.75. The Hall–Kier alpha value is -3.03. The first-order chi connectivity index (χ1) is 14.1. The van der Waals surface area contributed by atoms with Gasteiger partial charge in [0.05, 0.1) is 6.54 Å². The van der Waals surface area contributed by atoms with Crippen LogP contribution in [-0.2, 0) is 10.5 Å². The lowest BCUT2D eigenvalue weighted by Crippen LogP contribution is -2.28. The quantitative estimate of drug-likeness (QED) is 0.646. The Labute approximate surface area is 175 Å². The summed E-state index contributed by atoms with van der Waals surface area (Å²) in [5, 5.41) is 5.54. The van der Waals surface area contributed by atoms with Crippen molar-refractivity contribution in [1.82, 2.24) is 15.3 Å². The maximum atomic E-state index is 14.0. The molecule has 1 aliphatic carbocycles. The highest BCUT2D eigenvalue weighted by Crippen LogP contribution is 2.30. The van der Waals surface area contributed by atoms with Crippen LogP contribution in [0.15, 0.2) is 24.4 Å². The number of carbonyl (C=O) groups is 2. The normalized spacial score (nSPS) is 13.6. The molecule has 0 spiro atoms. The van der Waals surface area contributed by atoms with Crippen LogP contribution in [0, 0.1) is 19.8 Å². The van der Waals surface area contributed by atoms with Crippen LogP contribution < -0.4 is 15.4 Å². The van der Waals surface area contributed by atoms with E-state index in [1.807, 2.05) is 0 Å². The molecule has 1 aliphatic rings. The summed E-state index contributed by atoms with van der Waals surface area (Å²) in [4.78, 5) is 32.8. The summed E-state index contributed by atoms with van der Waals surface area (Å²) < 4.78 is 19.6. The summed E-state index contributed by atoms with van der Waals surface area (Å²) in [7, 11) is 0. The number of carbonyl (C=O) groups excluding carboxylic acids is 2. The molecule has 2 aromatic rings. The predicted molar refractivity (Wildman–Crippen MR) is 111 cm³/mol. The molecule has 2 aromatic heterocycles. The van der Waals surface area contributed by atoms with Crippen LogP contribution in [0.2, 0.25) is 0 Å². The van der Waals surface area contributed by atoms with Gasteiger partial charge in [-0.25, -0.2) is 14.4 Å². The molecule has 2 amide bonds. The van der Waals surface area contributed by atoms with Gasteiger partial charge in [-0.3, -0.25) is 9.59 Å². The van der Waals surface area contributed by atoms with Gasteiger partial charge in [0, 0.05) is 34.5 Å². The number of nitrogens with zero attached hydrogens (tertiary/aromatic N) is 2. The summed E-state index contributed by atoms with van der Waals surface area (Å²) >= 11 is 0. The summed E-state index contributed by atoms with van der Waals surface area (Å²) in [5.74, 6) is 0.498. The smallest absolute Gasteiger partial charge is 0.251 e. The van der Waals surface area contributed by atoms with Crippen LogP contribution in [0.4, 0.5) is 10.2 Å². The van der Waals surface area contributed by atoms with Gasteiger partial charge in [-0.05, 0) is 58.7 Å². The van der Waals surface area contributed by atoms with Crippen molar-refractivity contribution >= 4 is 17.6 Å². The first-order valence-corrected chi connectivity index (χ1v) is 10.00. The molecule has 2 heterocycles. The molecule has 0 unspecified atom stereocenters. The molecule has 160 valence electrons. The molecule has 8 heteroatoms. The molecule has 1 fully saturated rings. The molecule has 2 N–H and O–H groups in total. The van der Waals surface area contributed by atoms with E-state index in [0.29, 0.717) is 28.5 Å². The molecular weight excluding hydrogens is 387 g/mol. The molecule has 0 atom stereocenters. The zero-order valence-corrected chi connectivity index (χ0v) is 17.7. The second-order valence-corrected chi connectivity index (χ2v) is 8.07. The van der Waals surface area contributed by atoms with Crippen molar-refractivity contribution in [2.75, 3.05) is 18.5 Å². The number of amides is 2. The van der Waals surface area contributed by atoms with Crippen LogP contribution in [0.1, 0.15) is 53.9 Å². The van der Waals surface area contributed by atoms with Crippen LogP contribution >= 0.6 is 0 Å². The van der Waals surface area contributed by atoms with Crippen LogP contribution in [0.5, 0.6) is 5.88 Å². The zero-order valence-electron chi connectivity index (χ0n) is 17.7. The average Bonchev–Trinajstić information content (AvgIpc) is 3.50. The van der Waals surface area contributed by atoms with E-state index in [1.165, 1.54) is 20.0 Å². The number of aromatic nitrogens is 2. The standard InChI is InChI=1S/C22H27FN4O3/c1-13-9-17(22(3,4)23)12-25-21(13)30-8-7-24-19(28)16-10-14(2)26-18(11-16)27-20(29)15-5-6-15/h9-12,15H,5-8H2,1-4H3,(H,24,28)(H,26,27,29). The Morgan fingerprint density at radius 1 is 1.23 bits per heavy atom. The highest BCUT2D eigenvalue weighted by atomic mass is 19.1. The number of rotatable bonds is 8. The Morgan fingerprint density at radius 2 is 1.97 bits per heavy atom. The molecule has 1 saturated carbocycles. The van der Waals surface area contributed by atoms with Crippen LogP contribution in [0.3, 0.4) is 0 Å². The number of nitrogens with one attached hydrogen (secondary N) is 2. The maximum absolute atomic E-state index is 14.0. The SMILES string of the molecule is Cc1cc(C(=O)NCCOc2ncc(C(C)(C)F)cc2C)cc(NC(=O)C2CC2)n1. The van der Waals surface area contributed by atoms with Gasteiger partial charge >= 0.3 is 0 Å². The van der Waals surface area contributed by atoms with Crippen molar-refractivity contribution in [3.05, 3.63) is 46.8 Å². The number of halogens is 1. The van der Waals surface area contributed by atoms with Crippen LogP contribution in [0.25, 0.3) is 0 Å². The average molecular weight is 414 g/mol. The maximum Gasteiger partial charge on any atom is 0.251 e. The van der Waals surface area contributed by atoms with Gasteiger partial charge in [0.2, 0.25) is 11.8 Å². The minimum atomic E-state index is -1.47. The van der Waals surface area contributed by atoms with Gasteiger partial charge in [-0.15, -0.1) is 0 Å². The summed E-state index contributed by atoms with van der Waals surface area (Å²) in [6, 6.07) is 4.93. The van der Waals surface area contributed by atoms with Crippen molar-refractivity contribution in [2.45, 2.75) is 46.2 Å². The molecular formula is C22H27FN4O3. The highest BCUT2D eigenvalue weighted by molar-refractivity contribution is 5.97. The van der Waals surface area contributed by atoms with Gasteiger partial charge in [-0.1, -0.05) is 0 Å². The van der Waals surface area contributed by atoms with Gasteiger partial charge < -0.3 is 15.4 Å². The molecule has 0 saturated heterocycles. The third-order valence-corrected chi connectivity index (χ3v) is 4.76. The molecule has 30 heavy (non-hydrogen) atoms. The van der Waals surface area contributed by atoms with E-state index in [9.17, 15) is 14.0 Å². The van der Waals surface area contributed by atoms with Crippen molar-refractivity contribution in [2.24, 2.45) is 5.92 Å². The molecule has 3 rings (SSSR count). The van der Waals surface area contributed by atoms with E-state index in [2.05, 4.69) is 20.6 Å². The molecule has 0 bridgehead atoms. The lowest BCUT2D eigenvalue weighted by Gasteiger charge is -2.16. The van der Waals surface area contributed by atoms with Crippen LogP contribution in [-0.4, -0.2) is 34.9 Å².